The molecule has 2 atom stereocenters. The molecule has 1 heterocycles. The molecule has 2 aromatic carbocycles. The monoisotopic (exact) mass is 394 g/mol. The van der Waals surface area contributed by atoms with Gasteiger partial charge in [-0.2, -0.15) is 0 Å². The number of amides is 1. The summed E-state index contributed by atoms with van der Waals surface area (Å²) in [4.78, 5) is 14.8. The van der Waals surface area contributed by atoms with Crippen LogP contribution in [0.15, 0.2) is 42.5 Å². The Morgan fingerprint density at radius 3 is 2.48 bits per heavy atom. The second-order valence-corrected chi connectivity index (χ2v) is 8.58. The number of carbonyl (C=O) groups is 1. The summed E-state index contributed by atoms with van der Waals surface area (Å²) in [7, 11) is -3.92. The maximum Gasteiger partial charge on any atom is 0.250 e. The highest BCUT2D eigenvalue weighted by Gasteiger charge is 2.38. The summed E-state index contributed by atoms with van der Waals surface area (Å²) in [6, 6.07) is 8.93. The predicted molar refractivity (Wildman–Crippen MR) is 100 cm³/mol. The van der Waals surface area contributed by atoms with E-state index in [0.717, 1.165) is 40.0 Å². The van der Waals surface area contributed by atoms with E-state index in [9.17, 15) is 22.0 Å². The predicted octanol–water partition coefficient (Wildman–Crippen LogP) is 3.10. The standard InChI is InChI=1S/C19H20F2N2O3S/c1-12-10-14-6-4-5-7-18(14)22(12)19(24)13(2)23(27(3,25)26)15-8-9-16(20)17(21)11-15/h4-9,11-13H,10H2,1-3H3/t12-,13-/m1/s1. The highest BCUT2D eigenvalue weighted by atomic mass is 32.2. The Kier molecular flexibility index (Phi) is 4.94. The topological polar surface area (TPSA) is 57.7 Å². The Labute approximate surface area is 157 Å². The first kappa shape index (κ1) is 19.3. The maximum absolute atomic E-state index is 13.7. The van der Waals surface area contributed by atoms with Crippen molar-refractivity contribution in [1.82, 2.24) is 0 Å². The van der Waals surface area contributed by atoms with E-state index in [4.69, 9.17) is 0 Å². The van der Waals surface area contributed by atoms with E-state index in [0.29, 0.717) is 6.42 Å². The third-order valence-electron chi connectivity index (χ3n) is 4.67. The summed E-state index contributed by atoms with van der Waals surface area (Å²) in [5, 5.41) is 0. The number of nitrogens with zero attached hydrogens (tertiary/aromatic N) is 2. The zero-order valence-corrected chi connectivity index (χ0v) is 16.0. The minimum atomic E-state index is -3.92. The molecule has 2 aromatic rings. The zero-order chi connectivity index (χ0) is 19.9. The molecular weight excluding hydrogens is 374 g/mol. The molecule has 5 nitrogen and oxygen atoms in total. The molecule has 1 amide bonds. The molecule has 0 spiro atoms. The third kappa shape index (κ3) is 3.53. The molecule has 0 aromatic heterocycles. The first-order chi connectivity index (χ1) is 12.6. The number of halogens is 2. The molecule has 3 rings (SSSR count). The van der Waals surface area contributed by atoms with Crippen LogP contribution >= 0.6 is 0 Å². The summed E-state index contributed by atoms with van der Waals surface area (Å²) in [6.45, 7) is 3.32. The number of carbonyl (C=O) groups excluding carboxylic acids is 1. The number of sulfonamides is 1. The summed E-state index contributed by atoms with van der Waals surface area (Å²) < 4.78 is 52.5. The van der Waals surface area contributed by atoms with Crippen molar-refractivity contribution in [3.8, 4) is 0 Å². The molecule has 0 bridgehead atoms. The number of rotatable bonds is 4. The van der Waals surface area contributed by atoms with Crippen LogP contribution in [-0.2, 0) is 21.2 Å². The van der Waals surface area contributed by atoms with Gasteiger partial charge in [0.1, 0.15) is 6.04 Å². The largest absolute Gasteiger partial charge is 0.307 e. The van der Waals surface area contributed by atoms with Crippen LogP contribution in [-0.4, -0.2) is 32.7 Å². The van der Waals surface area contributed by atoms with Crippen molar-refractivity contribution in [3.63, 3.8) is 0 Å². The van der Waals surface area contributed by atoms with Crippen LogP contribution in [0.1, 0.15) is 19.4 Å². The highest BCUT2D eigenvalue weighted by molar-refractivity contribution is 7.92. The van der Waals surface area contributed by atoms with Crippen LogP contribution in [0.5, 0.6) is 0 Å². The van der Waals surface area contributed by atoms with Gasteiger partial charge in [0.2, 0.25) is 10.0 Å². The average molecular weight is 394 g/mol. The molecule has 0 unspecified atom stereocenters. The Balaban J connectivity index is 2.01. The summed E-state index contributed by atoms with van der Waals surface area (Å²) >= 11 is 0. The van der Waals surface area contributed by atoms with Crippen LogP contribution in [0, 0.1) is 11.6 Å². The van der Waals surface area contributed by atoms with E-state index in [1.54, 1.807) is 4.90 Å². The van der Waals surface area contributed by atoms with Crippen molar-refractivity contribution in [2.75, 3.05) is 15.5 Å². The van der Waals surface area contributed by atoms with Gasteiger partial charge < -0.3 is 4.90 Å². The van der Waals surface area contributed by atoms with Gasteiger partial charge in [-0.25, -0.2) is 17.2 Å². The van der Waals surface area contributed by atoms with Gasteiger partial charge in [0.05, 0.1) is 11.9 Å². The molecular formula is C19H20F2N2O3S. The summed E-state index contributed by atoms with van der Waals surface area (Å²) in [6.07, 6.45) is 1.60. The second-order valence-electron chi connectivity index (χ2n) is 6.72. The number of hydrogen-bond acceptors (Lipinski definition) is 3. The molecule has 1 aliphatic heterocycles. The Hall–Kier alpha value is -2.48. The van der Waals surface area contributed by atoms with Gasteiger partial charge in [0.15, 0.2) is 11.6 Å². The summed E-state index contributed by atoms with van der Waals surface area (Å²) in [5.41, 5.74) is 1.64. The zero-order valence-electron chi connectivity index (χ0n) is 15.2. The van der Waals surface area contributed by atoms with E-state index in [1.165, 1.54) is 6.92 Å². The first-order valence-corrected chi connectivity index (χ1v) is 10.3. The van der Waals surface area contributed by atoms with Gasteiger partial charge in [0, 0.05) is 17.8 Å². The van der Waals surface area contributed by atoms with Crippen LogP contribution in [0.2, 0.25) is 0 Å². The fraction of sp³-hybridized carbons (Fsp3) is 0.316. The maximum atomic E-state index is 13.7. The highest BCUT2D eigenvalue weighted by Crippen LogP contribution is 2.33. The number of anilines is 2. The van der Waals surface area contributed by atoms with Gasteiger partial charge in [-0.05, 0) is 44.0 Å². The van der Waals surface area contributed by atoms with Crippen molar-refractivity contribution in [2.45, 2.75) is 32.4 Å². The molecule has 8 heteroatoms. The van der Waals surface area contributed by atoms with Crippen molar-refractivity contribution in [1.29, 1.82) is 0 Å². The van der Waals surface area contributed by atoms with Crippen LogP contribution < -0.4 is 9.21 Å². The fourth-order valence-electron chi connectivity index (χ4n) is 3.53. The molecule has 0 fully saturated rings. The Morgan fingerprint density at radius 1 is 1.19 bits per heavy atom. The molecule has 27 heavy (non-hydrogen) atoms. The average Bonchev–Trinajstić information content (AvgIpc) is 2.92. The number of hydrogen-bond donors (Lipinski definition) is 0. The molecule has 0 N–H and O–H groups in total. The quantitative estimate of drug-likeness (QED) is 0.801. The summed E-state index contributed by atoms with van der Waals surface area (Å²) in [5.74, 6) is -2.70. The minimum Gasteiger partial charge on any atom is -0.307 e. The van der Waals surface area contributed by atoms with Crippen molar-refractivity contribution >= 4 is 27.3 Å². The van der Waals surface area contributed by atoms with Crippen molar-refractivity contribution in [2.24, 2.45) is 0 Å². The third-order valence-corrected chi connectivity index (χ3v) is 5.91. The van der Waals surface area contributed by atoms with E-state index in [1.807, 2.05) is 31.2 Å². The van der Waals surface area contributed by atoms with E-state index in [2.05, 4.69) is 0 Å². The van der Waals surface area contributed by atoms with E-state index >= 15 is 0 Å². The van der Waals surface area contributed by atoms with E-state index in [-0.39, 0.29) is 11.7 Å². The van der Waals surface area contributed by atoms with Crippen molar-refractivity contribution < 1.29 is 22.0 Å². The molecule has 0 saturated heterocycles. The van der Waals surface area contributed by atoms with Crippen LogP contribution in [0.4, 0.5) is 20.2 Å². The van der Waals surface area contributed by atoms with Gasteiger partial charge in [-0.15, -0.1) is 0 Å². The normalized spacial score (nSPS) is 17.5. The van der Waals surface area contributed by atoms with Crippen LogP contribution in [0.3, 0.4) is 0 Å². The number of para-hydroxylation sites is 1. The van der Waals surface area contributed by atoms with Gasteiger partial charge in [-0.3, -0.25) is 9.10 Å². The van der Waals surface area contributed by atoms with Gasteiger partial charge in [0.25, 0.3) is 5.91 Å². The molecule has 0 radical (unpaired) electrons. The van der Waals surface area contributed by atoms with E-state index < -0.39 is 33.6 Å². The lowest BCUT2D eigenvalue weighted by atomic mass is 10.1. The molecule has 0 aliphatic carbocycles. The fourth-order valence-corrected chi connectivity index (χ4v) is 4.69. The van der Waals surface area contributed by atoms with Gasteiger partial charge in [-0.1, -0.05) is 18.2 Å². The van der Waals surface area contributed by atoms with Crippen LogP contribution in [0.25, 0.3) is 0 Å². The lowest BCUT2D eigenvalue weighted by Gasteiger charge is -2.33. The molecule has 144 valence electrons. The number of benzene rings is 2. The van der Waals surface area contributed by atoms with Crippen molar-refractivity contribution in [3.05, 3.63) is 59.7 Å². The molecule has 1 aliphatic rings. The minimum absolute atomic E-state index is 0.0996. The van der Waals surface area contributed by atoms with Gasteiger partial charge >= 0.3 is 0 Å². The Morgan fingerprint density at radius 2 is 1.85 bits per heavy atom. The Bertz CT molecular complexity index is 994. The number of fused-ring (bicyclic) bond motifs is 1. The lowest BCUT2D eigenvalue weighted by Crippen LogP contribution is -2.51. The lowest BCUT2D eigenvalue weighted by molar-refractivity contribution is -0.119. The molecule has 0 saturated carbocycles. The first-order valence-electron chi connectivity index (χ1n) is 8.46. The smallest absolute Gasteiger partial charge is 0.250 e. The SMILES string of the molecule is C[C@@H]1Cc2ccccc2N1C(=O)[C@@H](C)N(c1ccc(F)c(F)c1)S(C)(=O)=O. The second kappa shape index (κ2) is 6.92.